The number of rotatable bonds is 5. The van der Waals surface area contributed by atoms with Gasteiger partial charge in [0.1, 0.15) is 11.5 Å². The van der Waals surface area contributed by atoms with E-state index < -0.39 is 0 Å². The first-order valence-electron chi connectivity index (χ1n) is 8.73. The molecular weight excluding hydrogens is 354 g/mol. The number of hydrogen-bond donors (Lipinski definition) is 0. The van der Waals surface area contributed by atoms with Crippen molar-refractivity contribution in [1.82, 2.24) is 0 Å². The highest BCUT2D eigenvalue weighted by molar-refractivity contribution is 6.31. The molecule has 0 fully saturated rings. The average molecular weight is 372 g/mol. The molecule has 0 heterocycles. The molecule has 0 aromatic heterocycles. The summed E-state index contributed by atoms with van der Waals surface area (Å²) in [6.07, 6.45) is 0. The molecule has 0 amide bonds. The maximum Gasteiger partial charge on any atom is 0.131 e. The second-order valence-corrected chi connectivity index (χ2v) is 6.50. The smallest absolute Gasteiger partial charge is 0.131 e. The van der Waals surface area contributed by atoms with E-state index >= 15 is 0 Å². The minimum absolute atomic E-state index is 0.621. The second-order valence-electron chi connectivity index (χ2n) is 6.07. The Morgan fingerprint density at radius 1 is 0.519 bits per heavy atom. The highest BCUT2D eigenvalue weighted by Crippen LogP contribution is 2.38. The van der Waals surface area contributed by atoms with Crippen LogP contribution in [0, 0.1) is 0 Å². The predicted octanol–water partition coefficient (Wildman–Crippen LogP) is 7.60. The Morgan fingerprint density at radius 2 is 1.04 bits per heavy atom. The fraction of sp³-hybridized carbons (Fsp3) is 0. The number of nitrogens with zero attached hydrogens (tertiary/aromatic N) is 1. The van der Waals surface area contributed by atoms with Crippen molar-refractivity contribution in [3.63, 3.8) is 0 Å². The van der Waals surface area contributed by atoms with Gasteiger partial charge in [-0.2, -0.15) is 0 Å². The maximum atomic E-state index is 6.43. The van der Waals surface area contributed by atoms with E-state index in [1.807, 2.05) is 84.9 Å². The molecule has 0 aliphatic carbocycles. The predicted molar refractivity (Wildman–Crippen MR) is 113 cm³/mol. The van der Waals surface area contributed by atoms with Crippen molar-refractivity contribution in [3.8, 4) is 11.5 Å². The summed E-state index contributed by atoms with van der Waals surface area (Å²) in [4.78, 5) is 2.16. The largest absolute Gasteiger partial charge is 0.457 e. The number of benzene rings is 4. The van der Waals surface area contributed by atoms with Gasteiger partial charge < -0.3 is 9.64 Å². The summed E-state index contributed by atoms with van der Waals surface area (Å²) in [6, 6.07) is 35.9. The minimum Gasteiger partial charge on any atom is -0.457 e. The molecule has 3 heteroatoms. The molecule has 4 aromatic rings. The molecule has 0 aliphatic rings. The van der Waals surface area contributed by atoms with E-state index in [0.717, 1.165) is 22.8 Å². The lowest BCUT2D eigenvalue weighted by Crippen LogP contribution is -2.09. The molecule has 4 rings (SSSR count). The van der Waals surface area contributed by atoms with Gasteiger partial charge in [-0.15, -0.1) is 0 Å². The van der Waals surface area contributed by atoms with E-state index in [-0.39, 0.29) is 0 Å². The number of para-hydroxylation sites is 3. The first-order valence-corrected chi connectivity index (χ1v) is 9.11. The summed E-state index contributed by atoms with van der Waals surface area (Å²) >= 11 is 6.43. The number of anilines is 3. The lowest BCUT2D eigenvalue weighted by atomic mass is 10.2. The average Bonchev–Trinajstić information content (AvgIpc) is 2.70. The van der Waals surface area contributed by atoms with Crippen molar-refractivity contribution in [2.24, 2.45) is 0 Å². The molecule has 0 unspecified atom stereocenters. The van der Waals surface area contributed by atoms with Gasteiger partial charge >= 0.3 is 0 Å². The van der Waals surface area contributed by atoms with Crippen LogP contribution in [0.4, 0.5) is 17.1 Å². The van der Waals surface area contributed by atoms with Crippen LogP contribution >= 0.6 is 11.6 Å². The van der Waals surface area contributed by atoms with Crippen LogP contribution in [0.1, 0.15) is 0 Å². The molecule has 0 spiro atoms. The molecular formula is C24H18ClNO. The third-order valence-electron chi connectivity index (χ3n) is 4.12. The third kappa shape index (κ3) is 4.13. The van der Waals surface area contributed by atoms with E-state index in [1.165, 1.54) is 0 Å². The number of ether oxygens (including phenoxy) is 1. The molecule has 0 radical (unpaired) electrons. The standard InChI is InChI=1S/C24H18ClNO/c25-19-16-22(18-24(17-19)27-23-14-8-3-9-15-23)26(20-10-4-1-5-11-20)21-12-6-2-7-13-21/h1-18H. The minimum atomic E-state index is 0.621. The summed E-state index contributed by atoms with van der Waals surface area (Å²) in [7, 11) is 0. The molecule has 27 heavy (non-hydrogen) atoms. The van der Waals surface area contributed by atoms with Crippen LogP contribution in [0.2, 0.25) is 5.02 Å². The SMILES string of the molecule is Clc1cc(Oc2ccccc2)cc(N(c2ccccc2)c2ccccc2)c1. The Hall–Kier alpha value is -3.23. The van der Waals surface area contributed by atoms with Crippen molar-refractivity contribution in [3.05, 3.63) is 114 Å². The summed E-state index contributed by atoms with van der Waals surface area (Å²) < 4.78 is 6.01. The molecule has 0 N–H and O–H groups in total. The normalized spacial score (nSPS) is 10.4. The van der Waals surface area contributed by atoms with E-state index in [9.17, 15) is 0 Å². The topological polar surface area (TPSA) is 12.5 Å². The second kappa shape index (κ2) is 7.98. The molecule has 0 bridgehead atoms. The van der Waals surface area contributed by atoms with Crippen molar-refractivity contribution >= 4 is 28.7 Å². The van der Waals surface area contributed by atoms with E-state index in [1.54, 1.807) is 0 Å². The summed E-state index contributed by atoms with van der Waals surface area (Å²) in [6.45, 7) is 0. The molecule has 4 aromatic carbocycles. The highest BCUT2D eigenvalue weighted by atomic mass is 35.5. The summed E-state index contributed by atoms with van der Waals surface area (Å²) in [5.41, 5.74) is 3.04. The van der Waals surface area contributed by atoms with Crippen LogP contribution in [-0.4, -0.2) is 0 Å². The van der Waals surface area contributed by atoms with Gasteiger partial charge in [-0.25, -0.2) is 0 Å². The van der Waals surface area contributed by atoms with Gasteiger partial charge in [0.25, 0.3) is 0 Å². The first-order chi connectivity index (χ1) is 13.3. The van der Waals surface area contributed by atoms with Crippen molar-refractivity contribution in [2.75, 3.05) is 4.90 Å². The first kappa shape index (κ1) is 17.2. The van der Waals surface area contributed by atoms with Crippen molar-refractivity contribution < 1.29 is 4.74 Å². The Labute approximate surface area is 164 Å². The Kier molecular flexibility index (Phi) is 5.08. The third-order valence-corrected chi connectivity index (χ3v) is 4.34. The maximum absolute atomic E-state index is 6.43. The van der Waals surface area contributed by atoms with E-state index in [2.05, 4.69) is 29.2 Å². The van der Waals surface area contributed by atoms with Gasteiger partial charge in [0.15, 0.2) is 0 Å². The van der Waals surface area contributed by atoms with Gasteiger partial charge in [0.05, 0.1) is 5.69 Å². The Morgan fingerprint density at radius 3 is 1.59 bits per heavy atom. The van der Waals surface area contributed by atoms with Crippen molar-refractivity contribution in [1.29, 1.82) is 0 Å². The van der Waals surface area contributed by atoms with Crippen LogP contribution < -0.4 is 9.64 Å². The Balaban J connectivity index is 1.78. The molecule has 0 saturated heterocycles. The Bertz CT molecular complexity index is 965. The van der Waals surface area contributed by atoms with Gasteiger partial charge in [-0.3, -0.25) is 0 Å². The zero-order valence-corrected chi connectivity index (χ0v) is 15.4. The fourth-order valence-corrected chi connectivity index (χ4v) is 3.18. The summed E-state index contributed by atoms with van der Waals surface area (Å²) in [5, 5.41) is 0.621. The summed E-state index contributed by atoms with van der Waals surface area (Å²) in [5.74, 6) is 1.47. The quantitative estimate of drug-likeness (QED) is 0.358. The highest BCUT2D eigenvalue weighted by Gasteiger charge is 2.14. The number of halogens is 1. The monoisotopic (exact) mass is 371 g/mol. The number of hydrogen-bond acceptors (Lipinski definition) is 2. The van der Waals surface area contributed by atoms with Crippen LogP contribution in [0.15, 0.2) is 109 Å². The van der Waals surface area contributed by atoms with Crippen LogP contribution in [0.5, 0.6) is 11.5 Å². The van der Waals surface area contributed by atoms with Crippen LogP contribution in [-0.2, 0) is 0 Å². The zero-order valence-electron chi connectivity index (χ0n) is 14.6. The van der Waals surface area contributed by atoms with Gasteiger partial charge in [-0.05, 0) is 48.5 Å². The molecule has 132 valence electrons. The zero-order chi connectivity index (χ0) is 18.5. The fourth-order valence-electron chi connectivity index (χ4n) is 2.96. The van der Waals surface area contributed by atoms with E-state index in [0.29, 0.717) is 10.8 Å². The molecule has 0 aliphatic heterocycles. The van der Waals surface area contributed by atoms with Crippen LogP contribution in [0.3, 0.4) is 0 Å². The lowest BCUT2D eigenvalue weighted by Gasteiger charge is -2.26. The van der Waals surface area contributed by atoms with Crippen molar-refractivity contribution in [2.45, 2.75) is 0 Å². The lowest BCUT2D eigenvalue weighted by molar-refractivity contribution is 0.483. The van der Waals surface area contributed by atoms with Gasteiger partial charge in [0, 0.05) is 22.5 Å². The van der Waals surface area contributed by atoms with Crippen LogP contribution in [0.25, 0.3) is 0 Å². The molecule has 0 saturated carbocycles. The molecule has 2 nitrogen and oxygen atoms in total. The molecule has 0 atom stereocenters. The van der Waals surface area contributed by atoms with Gasteiger partial charge in [-0.1, -0.05) is 66.2 Å². The van der Waals surface area contributed by atoms with Gasteiger partial charge in [0.2, 0.25) is 0 Å². The van der Waals surface area contributed by atoms with E-state index in [4.69, 9.17) is 16.3 Å².